The van der Waals surface area contributed by atoms with Crippen LogP contribution in [-0.2, 0) is 20.0 Å². The van der Waals surface area contributed by atoms with E-state index in [-0.39, 0.29) is 0 Å². The molecule has 0 radical (unpaired) electrons. The van der Waals surface area contributed by atoms with E-state index in [1.165, 1.54) is 5.56 Å². The van der Waals surface area contributed by atoms with Gasteiger partial charge in [0, 0.05) is 42.4 Å². The molecular weight excluding hydrogens is 330 g/mol. The van der Waals surface area contributed by atoms with Crippen LogP contribution >= 0.6 is 15.9 Å². The molecule has 1 heterocycles. The van der Waals surface area contributed by atoms with Crippen molar-refractivity contribution in [3.63, 3.8) is 0 Å². The lowest BCUT2D eigenvalue weighted by atomic mass is 10.1. The van der Waals surface area contributed by atoms with Crippen LogP contribution in [0.25, 0.3) is 0 Å². The fourth-order valence-electron chi connectivity index (χ4n) is 2.28. The summed E-state index contributed by atoms with van der Waals surface area (Å²) in [4.78, 5) is 4.32. The fraction of sp³-hybridized carbons (Fsp3) is 0.438. The molecular formula is C16H22BrN3O. The fourth-order valence-corrected chi connectivity index (χ4v) is 2.90. The molecule has 0 atom stereocenters. The van der Waals surface area contributed by atoms with Gasteiger partial charge in [0.2, 0.25) is 0 Å². The van der Waals surface area contributed by atoms with Gasteiger partial charge in [0.15, 0.2) is 0 Å². The molecule has 0 amide bonds. The molecule has 0 aliphatic rings. The Hall–Kier alpha value is -1.33. The first-order chi connectivity index (χ1) is 10.1. The van der Waals surface area contributed by atoms with Gasteiger partial charge in [-0.15, -0.1) is 0 Å². The number of ether oxygens (including phenoxy) is 1. The Bertz CT molecular complexity index is 595. The Morgan fingerprint density at radius 2 is 2.19 bits per heavy atom. The Morgan fingerprint density at radius 1 is 1.38 bits per heavy atom. The highest BCUT2D eigenvalue weighted by Gasteiger charge is 2.09. The zero-order valence-corrected chi connectivity index (χ0v) is 14.4. The summed E-state index contributed by atoms with van der Waals surface area (Å²) in [5.41, 5.74) is 2.33. The van der Waals surface area contributed by atoms with Crippen LogP contribution in [0.3, 0.4) is 0 Å². The van der Waals surface area contributed by atoms with Gasteiger partial charge in [0.25, 0.3) is 0 Å². The third-order valence-corrected chi connectivity index (χ3v) is 3.83. The van der Waals surface area contributed by atoms with Crippen LogP contribution in [0.5, 0.6) is 5.75 Å². The van der Waals surface area contributed by atoms with Gasteiger partial charge in [0.1, 0.15) is 11.6 Å². The first kappa shape index (κ1) is 16.0. The van der Waals surface area contributed by atoms with Gasteiger partial charge in [-0.1, -0.05) is 22.9 Å². The van der Waals surface area contributed by atoms with Crippen molar-refractivity contribution in [2.24, 2.45) is 7.05 Å². The van der Waals surface area contributed by atoms with E-state index in [1.807, 2.05) is 24.0 Å². The van der Waals surface area contributed by atoms with Crippen molar-refractivity contribution in [3.05, 3.63) is 46.0 Å². The second-order valence-electron chi connectivity index (χ2n) is 5.04. The average molecular weight is 352 g/mol. The Morgan fingerprint density at radius 3 is 2.86 bits per heavy atom. The van der Waals surface area contributed by atoms with Crippen LogP contribution in [0.1, 0.15) is 23.9 Å². The second kappa shape index (κ2) is 7.61. The highest BCUT2D eigenvalue weighted by atomic mass is 79.9. The SMILES string of the molecule is CCNCc1cc(Br)cc(C)c1OCCc1nccn1C. The van der Waals surface area contributed by atoms with E-state index in [1.54, 1.807) is 0 Å². The van der Waals surface area contributed by atoms with Crippen molar-refractivity contribution in [2.45, 2.75) is 26.8 Å². The molecule has 0 saturated carbocycles. The van der Waals surface area contributed by atoms with E-state index in [2.05, 4.69) is 52.2 Å². The zero-order valence-electron chi connectivity index (χ0n) is 12.8. The highest BCUT2D eigenvalue weighted by molar-refractivity contribution is 9.10. The smallest absolute Gasteiger partial charge is 0.126 e. The minimum Gasteiger partial charge on any atom is -0.493 e. The third kappa shape index (κ3) is 4.32. The number of hydrogen-bond donors (Lipinski definition) is 1. The monoisotopic (exact) mass is 351 g/mol. The molecule has 2 rings (SSSR count). The van der Waals surface area contributed by atoms with Gasteiger partial charge < -0.3 is 14.6 Å². The molecule has 5 heteroatoms. The molecule has 1 aromatic heterocycles. The van der Waals surface area contributed by atoms with Gasteiger partial charge in [-0.25, -0.2) is 4.98 Å². The molecule has 1 N–H and O–H groups in total. The molecule has 0 aliphatic carbocycles. The Kier molecular flexibility index (Phi) is 5.82. The Balaban J connectivity index is 2.05. The zero-order chi connectivity index (χ0) is 15.2. The minimum atomic E-state index is 0.631. The lowest BCUT2D eigenvalue weighted by Crippen LogP contribution is -2.14. The molecule has 0 saturated heterocycles. The molecule has 1 aromatic carbocycles. The quantitative estimate of drug-likeness (QED) is 0.832. The van der Waals surface area contributed by atoms with E-state index in [4.69, 9.17) is 4.74 Å². The summed E-state index contributed by atoms with van der Waals surface area (Å²) in [6.45, 7) is 6.57. The lowest BCUT2D eigenvalue weighted by molar-refractivity contribution is 0.311. The number of benzene rings is 1. The maximum atomic E-state index is 6.03. The maximum Gasteiger partial charge on any atom is 0.126 e. The number of imidazole rings is 1. The number of aromatic nitrogens is 2. The molecule has 21 heavy (non-hydrogen) atoms. The van der Waals surface area contributed by atoms with E-state index >= 15 is 0 Å². The highest BCUT2D eigenvalue weighted by Crippen LogP contribution is 2.28. The third-order valence-electron chi connectivity index (χ3n) is 3.37. The minimum absolute atomic E-state index is 0.631. The molecule has 114 valence electrons. The van der Waals surface area contributed by atoms with Crippen LogP contribution in [0.2, 0.25) is 0 Å². The number of halogens is 1. The van der Waals surface area contributed by atoms with E-state index in [0.29, 0.717) is 6.61 Å². The van der Waals surface area contributed by atoms with Crippen LogP contribution in [-0.4, -0.2) is 22.7 Å². The summed E-state index contributed by atoms with van der Waals surface area (Å²) < 4.78 is 9.15. The summed E-state index contributed by atoms with van der Waals surface area (Å²) >= 11 is 3.55. The summed E-state index contributed by atoms with van der Waals surface area (Å²) in [7, 11) is 2.00. The summed E-state index contributed by atoms with van der Waals surface area (Å²) in [6, 6.07) is 4.21. The van der Waals surface area contributed by atoms with Crippen LogP contribution in [0.4, 0.5) is 0 Å². The molecule has 0 aliphatic heterocycles. The van der Waals surface area contributed by atoms with Crippen molar-refractivity contribution in [1.82, 2.24) is 14.9 Å². The Labute approximate surface area is 134 Å². The molecule has 0 bridgehead atoms. The molecule has 0 spiro atoms. The predicted molar refractivity (Wildman–Crippen MR) is 88.7 cm³/mol. The number of hydrogen-bond acceptors (Lipinski definition) is 3. The van der Waals surface area contributed by atoms with Crippen molar-refractivity contribution < 1.29 is 4.74 Å². The van der Waals surface area contributed by atoms with E-state index in [0.717, 1.165) is 41.1 Å². The first-order valence-corrected chi connectivity index (χ1v) is 7.99. The number of nitrogens with zero attached hydrogens (tertiary/aromatic N) is 2. The van der Waals surface area contributed by atoms with Gasteiger partial charge >= 0.3 is 0 Å². The van der Waals surface area contributed by atoms with Gasteiger partial charge in [-0.2, -0.15) is 0 Å². The molecule has 0 fully saturated rings. The van der Waals surface area contributed by atoms with Crippen molar-refractivity contribution in [2.75, 3.05) is 13.2 Å². The van der Waals surface area contributed by atoms with E-state index in [9.17, 15) is 0 Å². The maximum absolute atomic E-state index is 6.03. The van der Waals surface area contributed by atoms with Crippen molar-refractivity contribution >= 4 is 15.9 Å². The van der Waals surface area contributed by atoms with Crippen LogP contribution in [0, 0.1) is 6.92 Å². The normalized spacial score (nSPS) is 10.9. The molecule has 0 unspecified atom stereocenters. The van der Waals surface area contributed by atoms with E-state index < -0.39 is 0 Å². The second-order valence-corrected chi connectivity index (χ2v) is 5.96. The molecule has 2 aromatic rings. The average Bonchev–Trinajstić information content (AvgIpc) is 2.84. The summed E-state index contributed by atoms with van der Waals surface area (Å²) in [6.07, 6.45) is 4.58. The van der Waals surface area contributed by atoms with Gasteiger partial charge in [-0.3, -0.25) is 0 Å². The standard InChI is InChI=1S/C16H22BrN3O/c1-4-18-11-13-10-14(17)9-12(2)16(13)21-8-5-15-19-6-7-20(15)3/h6-7,9-10,18H,4-5,8,11H2,1-3H3. The lowest BCUT2D eigenvalue weighted by Gasteiger charge is -2.15. The van der Waals surface area contributed by atoms with Crippen molar-refractivity contribution in [3.8, 4) is 5.75 Å². The van der Waals surface area contributed by atoms with Gasteiger partial charge in [0.05, 0.1) is 6.61 Å². The van der Waals surface area contributed by atoms with Gasteiger partial charge in [-0.05, 0) is 31.2 Å². The van der Waals surface area contributed by atoms with Crippen molar-refractivity contribution in [1.29, 1.82) is 0 Å². The topological polar surface area (TPSA) is 39.1 Å². The molecule has 4 nitrogen and oxygen atoms in total. The predicted octanol–water partition coefficient (Wildman–Crippen LogP) is 3.22. The van der Waals surface area contributed by atoms with Crippen LogP contribution < -0.4 is 10.1 Å². The number of aryl methyl sites for hydroxylation is 2. The summed E-state index contributed by atoms with van der Waals surface area (Å²) in [5.74, 6) is 2.02. The summed E-state index contributed by atoms with van der Waals surface area (Å²) in [5, 5.41) is 3.36. The first-order valence-electron chi connectivity index (χ1n) is 7.20. The van der Waals surface area contributed by atoms with Crippen LogP contribution in [0.15, 0.2) is 29.0 Å². The number of rotatable bonds is 7. The number of nitrogens with one attached hydrogen (secondary N) is 1. The largest absolute Gasteiger partial charge is 0.493 e.